The zero-order valence-electron chi connectivity index (χ0n) is 16.3. The van der Waals surface area contributed by atoms with Crippen LogP contribution in [0.3, 0.4) is 0 Å². The number of benzene rings is 2. The highest BCUT2D eigenvalue weighted by atomic mass is 16.5. The molecule has 1 N–H and O–H groups in total. The minimum Gasteiger partial charge on any atom is -0.497 e. The lowest BCUT2D eigenvalue weighted by molar-refractivity contribution is 0.0793. The van der Waals surface area contributed by atoms with E-state index in [1.165, 1.54) is 0 Å². The molecule has 1 fully saturated rings. The lowest BCUT2D eigenvalue weighted by Crippen LogP contribution is -2.44. The van der Waals surface area contributed by atoms with Crippen LogP contribution in [0.1, 0.15) is 18.4 Å². The molecule has 28 heavy (non-hydrogen) atoms. The summed E-state index contributed by atoms with van der Waals surface area (Å²) in [5, 5.41) is 2.95. The monoisotopic (exact) mass is 384 g/mol. The maximum absolute atomic E-state index is 12.8. The Balaban J connectivity index is 1.54. The van der Waals surface area contributed by atoms with Crippen LogP contribution < -0.4 is 14.8 Å². The van der Waals surface area contributed by atoms with Gasteiger partial charge in [0.2, 0.25) is 0 Å². The Morgan fingerprint density at radius 3 is 2.75 bits per heavy atom. The molecule has 0 bridgehead atoms. The molecule has 1 saturated heterocycles. The molecule has 0 spiro atoms. The van der Waals surface area contributed by atoms with Crippen molar-refractivity contribution >= 4 is 6.03 Å². The quantitative estimate of drug-likeness (QED) is 0.673. The van der Waals surface area contributed by atoms with Crippen molar-refractivity contribution in [2.75, 3.05) is 33.4 Å². The van der Waals surface area contributed by atoms with E-state index >= 15 is 0 Å². The van der Waals surface area contributed by atoms with Crippen molar-refractivity contribution in [2.45, 2.75) is 25.5 Å². The summed E-state index contributed by atoms with van der Waals surface area (Å²) in [4.78, 5) is 14.6. The number of ether oxygens (including phenoxy) is 3. The average molecular weight is 384 g/mol. The van der Waals surface area contributed by atoms with Crippen molar-refractivity contribution in [3.8, 4) is 11.5 Å². The number of nitrogens with zero attached hydrogens (tertiary/aromatic N) is 1. The molecule has 150 valence electrons. The molecule has 2 aromatic carbocycles. The Hall–Kier alpha value is -2.73. The van der Waals surface area contributed by atoms with Crippen LogP contribution in [-0.2, 0) is 11.3 Å². The molecule has 1 aliphatic heterocycles. The zero-order chi connectivity index (χ0) is 19.6. The highest BCUT2D eigenvalue weighted by molar-refractivity contribution is 5.74. The third-order valence-electron chi connectivity index (χ3n) is 4.63. The Kier molecular flexibility index (Phi) is 7.55. The van der Waals surface area contributed by atoms with Gasteiger partial charge in [-0.05, 0) is 42.7 Å². The van der Waals surface area contributed by atoms with E-state index in [1.54, 1.807) is 12.0 Å². The fourth-order valence-corrected chi connectivity index (χ4v) is 3.20. The molecule has 1 heterocycles. The number of para-hydroxylation sites is 1. The molecule has 1 unspecified atom stereocenters. The molecule has 3 rings (SSSR count). The van der Waals surface area contributed by atoms with Crippen molar-refractivity contribution < 1.29 is 19.0 Å². The van der Waals surface area contributed by atoms with Crippen LogP contribution in [0.4, 0.5) is 4.79 Å². The van der Waals surface area contributed by atoms with Gasteiger partial charge >= 0.3 is 6.03 Å². The molecule has 0 aromatic heterocycles. The highest BCUT2D eigenvalue weighted by Gasteiger charge is 2.22. The smallest absolute Gasteiger partial charge is 0.317 e. The Morgan fingerprint density at radius 1 is 1.18 bits per heavy atom. The van der Waals surface area contributed by atoms with E-state index in [4.69, 9.17) is 14.2 Å². The molecule has 1 aliphatic rings. The van der Waals surface area contributed by atoms with Crippen LogP contribution in [0.25, 0.3) is 0 Å². The van der Waals surface area contributed by atoms with Crippen molar-refractivity contribution in [3.63, 3.8) is 0 Å². The Labute approximate surface area is 166 Å². The number of hydrogen-bond acceptors (Lipinski definition) is 4. The van der Waals surface area contributed by atoms with Gasteiger partial charge in [-0.15, -0.1) is 0 Å². The van der Waals surface area contributed by atoms with E-state index in [1.807, 2.05) is 54.6 Å². The van der Waals surface area contributed by atoms with E-state index in [0.29, 0.717) is 26.2 Å². The summed E-state index contributed by atoms with van der Waals surface area (Å²) in [6.07, 6.45) is 2.13. The van der Waals surface area contributed by atoms with E-state index in [2.05, 4.69) is 5.32 Å². The molecule has 2 aromatic rings. The minimum absolute atomic E-state index is 0.0944. The Bertz CT molecular complexity index is 732. The number of urea groups is 1. The van der Waals surface area contributed by atoms with Crippen LogP contribution in [0.5, 0.6) is 11.5 Å². The van der Waals surface area contributed by atoms with Gasteiger partial charge in [-0.1, -0.05) is 30.3 Å². The van der Waals surface area contributed by atoms with Crippen molar-refractivity contribution in [3.05, 3.63) is 60.2 Å². The lowest BCUT2D eigenvalue weighted by atomic mass is 10.2. The number of methoxy groups -OCH3 is 1. The zero-order valence-corrected chi connectivity index (χ0v) is 16.3. The number of amides is 2. The SMILES string of the molecule is COc1cccc(CN(CC2CCCO2)C(=O)NCCOc2ccccc2)c1. The van der Waals surface area contributed by atoms with Gasteiger partial charge in [0.1, 0.15) is 18.1 Å². The summed E-state index contributed by atoms with van der Waals surface area (Å²) >= 11 is 0. The third-order valence-corrected chi connectivity index (χ3v) is 4.63. The Morgan fingerprint density at radius 2 is 2.00 bits per heavy atom. The number of carbonyl (C=O) groups is 1. The molecular weight excluding hydrogens is 356 g/mol. The minimum atomic E-state index is -0.116. The summed E-state index contributed by atoms with van der Waals surface area (Å²) < 4.78 is 16.7. The average Bonchev–Trinajstić information content (AvgIpc) is 3.25. The molecule has 2 amide bonds. The largest absolute Gasteiger partial charge is 0.497 e. The summed E-state index contributed by atoms with van der Waals surface area (Å²) in [7, 11) is 1.64. The first-order valence-electron chi connectivity index (χ1n) is 9.70. The highest BCUT2D eigenvalue weighted by Crippen LogP contribution is 2.18. The molecule has 0 aliphatic carbocycles. The second-order valence-corrected chi connectivity index (χ2v) is 6.76. The topological polar surface area (TPSA) is 60.0 Å². The maximum atomic E-state index is 12.8. The van der Waals surface area contributed by atoms with Crippen molar-refractivity contribution in [1.82, 2.24) is 10.2 Å². The van der Waals surface area contributed by atoms with Gasteiger partial charge in [0.05, 0.1) is 19.8 Å². The first kappa shape index (κ1) is 20.0. The first-order chi connectivity index (χ1) is 13.7. The molecule has 0 radical (unpaired) electrons. The second-order valence-electron chi connectivity index (χ2n) is 6.76. The second kappa shape index (κ2) is 10.6. The van der Waals surface area contributed by atoms with E-state index in [9.17, 15) is 4.79 Å². The van der Waals surface area contributed by atoms with Crippen LogP contribution >= 0.6 is 0 Å². The molecule has 0 saturated carbocycles. The normalized spacial score (nSPS) is 15.8. The van der Waals surface area contributed by atoms with Crippen LogP contribution in [0, 0.1) is 0 Å². The van der Waals surface area contributed by atoms with Gasteiger partial charge in [-0.3, -0.25) is 0 Å². The first-order valence-corrected chi connectivity index (χ1v) is 9.70. The number of nitrogens with one attached hydrogen (secondary N) is 1. The van der Waals surface area contributed by atoms with Crippen LogP contribution in [0.2, 0.25) is 0 Å². The van der Waals surface area contributed by atoms with E-state index in [-0.39, 0.29) is 12.1 Å². The van der Waals surface area contributed by atoms with Crippen LogP contribution in [0.15, 0.2) is 54.6 Å². The maximum Gasteiger partial charge on any atom is 0.317 e. The van der Waals surface area contributed by atoms with Gasteiger partial charge in [0.15, 0.2) is 0 Å². The van der Waals surface area contributed by atoms with Gasteiger partial charge in [-0.25, -0.2) is 4.79 Å². The lowest BCUT2D eigenvalue weighted by Gasteiger charge is -2.26. The van der Waals surface area contributed by atoms with Crippen molar-refractivity contribution in [1.29, 1.82) is 0 Å². The predicted octanol–water partition coefficient (Wildman–Crippen LogP) is 3.46. The predicted molar refractivity (Wildman–Crippen MR) is 108 cm³/mol. The molecule has 1 atom stereocenters. The molecule has 6 nitrogen and oxygen atoms in total. The van der Waals surface area contributed by atoms with Gasteiger partial charge in [0.25, 0.3) is 0 Å². The summed E-state index contributed by atoms with van der Waals surface area (Å²) in [5.41, 5.74) is 1.02. The number of carbonyl (C=O) groups excluding carboxylic acids is 1. The summed E-state index contributed by atoms with van der Waals surface area (Å²) in [5.74, 6) is 1.58. The van der Waals surface area contributed by atoms with Gasteiger partial charge in [0, 0.05) is 19.7 Å². The summed E-state index contributed by atoms with van der Waals surface area (Å²) in [6, 6.07) is 17.2. The fraction of sp³-hybridized carbons (Fsp3) is 0.409. The van der Waals surface area contributed by atoms with E-state index in [0.717, 1.165) is 36.5 Å². The molecular formula is C22H28N2O4. The number of hydrogen-bond donors (Lipinski definition) is 1. The van der Waals surface area contributed by atoms with Gasteiger partial charge < -0.3 is 24.4 Å². The van der Waals surface area contributed by atoms with Crippen molar-refractivity contribution in [2.24, 2.45) is 0 Å². The standard InChI is InChI=1S/C22H28N2O4/c1-26-20-10-5-7-18(15-20)16-24(17-21-11-6-13-27-21)22(25)23-12-14-28-19-8-3-2-4-9-19/h2-5,7-10,15,21H,6,11-14,16-17H2,1H3,(H,23,25). The van der Waals surface area contributed by atoms with E-state index < -0.39 is 0 Å². The third kappa shape index (κ3) is 6.16. The van der Waals surface area contributed by atoms with Crippen LogP contribution in [-0.4, -0.2) is 50.4 Å². The fourth-order valence-electron chi connectivity index (χ4n) is 3.20. The number of rotatable bonds is 9. The van der Waals surface area contributed by atoms with Gasteiger partial charge in [-0.2, -0.15) is 0 Å². The molecule has 6 heteroatoms. The summed E-state index contributed by atoms with van der Waals surface area (Å²) in [6.45, 7) is 2.70.